The molecule has 0 radical (unpaired) electrons. The zero-order chi connectivity index (χ0) is 19.3. The Balaban J connectivity index is 1.44. The molecule has 1 saturated heterocycles. The number of amides is 1. The van der Waals surface area contributed by atoms with Gasteiger partial charge < -0.3 is 15.5 Å². The van der Waals surface area contributed by atoms with Crippen LogP contribution in [0.15, 0.2) is 60.8 Å². The number of hydrogen-bond acceptors (Lipinski definition) is 4. The van der Waals surface area contributed by atoms with Crippen molar-refractivity contribution in [2.75, 3.05) is 28.6 Å². The molecule has 1 aliphatic rings. The molecule has 144 valence electrons. The van der Waals surface area contributed by atoms with Crippen molar-refractivity contribution in [3.8, 4) is 0 Å². The second kappa shape index (κ2) is 8.30. The molecule has 2 heterocycles. The number of fused-ring (bicyclic) bond motifs is 1. The lowest BCUT2D eigenvalue weighted by molar-refractivity contribution is -0.116. The van der Waals surface area contributed by atoms with Gasteiger partial charge in [0, 0.05) is 36.0 Å². The topological polar surface area (TPSA) is 57.3 Å². The van der Waals surface area contributed by atoms with E-state index in [1.807, 2.05) is 49.4 Å². The molecule has 5 nitrogen and oxygen atoms in total. The molecule has 5 heteroatoms. The number of hydrogen-bond donors (Lipinski definition) is 2. The lowest BCUT2D eigenvalue weighted by Gasteiger charge is -2.29. The fraction of sp³-hybridized carbons (Fsp3) is 0.304. The van der Waals surface area contributed by atoms with Gasteiger partial charge in [0.1, 0.15) is 6.04 Å². The van der Waals surface area contributed by atoms with E-state index in [1.165, 1.54) is 24.9 Å². The number of carbonyl (C=O) groups excluding carboxylic acids is 1. The monoisotopic (exact) mass is 374 g/mol. The first kappa shape index (κ1) is 18.3. The number of nitrogens with one attached hydrogen (secondary N) is 2. The van der Waals surface area contributed by atoms with Crippen LogP contribution in [0.25, 0.3) is 10.9 Å². The summed E-state index contributed by atoms with van der Waals surface area (Å²) in [4.78, 5) is 19.5. The predicted molar refractivity (Wildman–Crippen MR) is 116 cm³/mol. The average Bonchev–Trinajstić information content (AvgIpc) is 2.75. The van der Waals surface area contributed by atoms with Crippen molar-refractivity contribution in [2.45, 2.75) is 32.2 Å². The minimum atomic E-state index is -0.358. The van der Waals surface area contributed by atoms with Gasteiger partial charge in [-0.1, -0.05) is 12.1 Å². The lowest BCUT2D eigenvalue weighted by Crippen LogP contribution is -2.32. The second-order valence-corrected chi connectivity index (χ2v) is 7.33. The van der Waals surface area contributed by atoms with Gasteiger partial charge in [0.25, 0.3) is 0 Å². The number of aromatic nitrogens is 1. The first-order valence-corrected chi connectivity index (χ1v) is 9.97. The molecule has 0 saturated carbocycles. The quantitative estimate of drug-likeness (QED) is 0.682. The number of piperidine rings is 1. The van der Waals surface area contributed by atoms with Crippen molar-refractivity contribution in [3.63, 3.8) is 0 Å². The molecule has 0 bridgehead atoms. The fourth-order valence-corrected chi connectivity index (χ4v) is 3.71. The van der Waals surface area contributed by atoms with Gasteiger partial charge in [0.2, 0.25) is 5.91 Å². The Bertz CT molecular complexity index is 960. The molecule has 2 aromatic carbocycles. The van der Waals surface area contributed by atoms with Crippen LogP contribution in [0.1, 0.15) is 26.2 Å². The number of anilines is 3. The minimum Gasteiger partial charge on any atom is -0.374 e. The maximum atomic E-state index is 12.7. The van der Waals surface area contributed by atoms with E-state index in [0.29, 0.717) is 0 Å². The van der Waals surface area contributed by atoms with Gasteiger partial charge in [-0.3, -0.25) is 9.78 Å². The number of rotatable bonds is 5. The maximum Gasteiger partial charge on any atom is 0.246 e. The molecule has 1 aliphatic heterocycles. The number of nitrogens with zero attached hydrogens (tertiary/aromatic N) is 2. The van der Waals surface area contributed by atoms with E-state index in [9.17, 15) is 4.79 Å². The van der Waals surface area contributed by atoms with E-state index < -0.39 is 0 Å². The summed E-state index contributed by atoms with van der Waals surface area (Å²) in [7, 11) is 0. The third kappa shape index (κ3) is 4.09. The third-order valence-electron chi connectivity index (χ3n) is 5.25. The van der Waals surface area contributed by atoms with Crippen molar-refractivity contribution >= 4 is 33.9 Å². The second-order valence-electron chi connectivity index (χ2n) is 7.33. The molecular weight excluding hydrogens is 348 g/mol. The number of carbonyl (C=O) groups is 1. The van der Waals surface area contributed by atoms with Gasteiger partial charge in [-0.15, -0.1) is 0 Å². The molecule has 0 spiro atoms. The van der Waals surface area contributed by atoms with Gasteiger partial charge in [-0.05, 0) is 68.7 Å². The molecule has 1 fully saturated rings. The number of pyridine rings is 1. The molecule has 4 rings (SSSR count). The smallest absolute Gasteiger partial charge is 0.246 e. The number of benzene rings is 2. The van der Waals surface area contributed by atoms with E-state index >= 15 is 0 Å². The third-order valence-corrected chi connectivity index (χ3v) is 5.25. The average molecular weight is 374 g/mol. The van der Waals surface area contributed by atoms with Crippen LogP contribution in [-0.4, -0.2) is 30.0 Å². The Morgan fingerprint density at radius 1 is 1.04 bits per heavy atom. The first-order valence-electron chi connectivity index (χ1n) is 9.97. The van der Waals surface area contributed by atoms with Crippen LogP contribution in [0.5, 0.6) is 0 Å². The Morgan fingerprint density at radius 3 is 2.71 bits per heavy atom. The van der Waals surface area contributed by atoms with E-state index in [2.05, 4.69) is 32.7 Å². The molecule has 0 aliphatic carbocycles. The molecule has 2 N–H and O–H groups in total. The van der Waals surface area contributed by atoms with Crippen molar-refractivity contribution in [2.24, 2.45) is 0 Å². The van der Waals surface area contributed by atoms with Gasteiger partial charge in [0.15, 0.2) is 0 Å². The van der Waals surface area contributed by atoms with Gasteiger partial charge >= 0.3 is 0 Å². The van der Waals surface area contributed by atoms with E-state index in [4.69, 9.17) is 0 Å². The van der Waals surface area contributed by atoms with Crippen LogP contribution in [-0.2, 0) is 4.79 Å². The van der Waals surface area contributed by atoms with Crippen LogP contribution in [0.3, 0.4) is 0 Å². The Hall–Kier alpha value is -3.08. The van der Waals surface area contributed by atoms with Crippen molar-refractivity contribution < 1.29 is 4.79 Å². The normalized spacial score (nSPS) is 15.2. The zero-order valence-corrected chi connectivity index (χ0v) is 16.2. The molecule has 1 aromatic heterocycles. The minimum absolute atomic E-state index is 0.0697. The highest BCUT2D eigenvalue weighted by molar-refractivity contribution is 6.03. The zero-order valence-electron chi connectivity index (χ0n) is 16.2. The molecule has 0 unspecified atom stereocenters. The summed E-state index contributed by atoms with van der Waals surface area (Å²) >= 11 is 0. The molecule has 28 heavy (non-hydrogen) atoms. The Kier molecular flexibility index (Phi) is 5.42. The SMILES string of the molecule is C[C@H](Nc1cccc(N2CCCCC2)c1)C(=O)Nc1cccc2ncccc12. The maximum absolute atomic E-state index is 12.7. The van der Waals surface area contributed by atoms with E-state index in [0.717, 1.165) is 35.4 Å². The highest BCUT2D eigenvalue weighted by atomic mass is 16.2. The van der Waals surface area contributed by atoms with E-state index in [-0.39, 0.29) is 11.9 Å². The summed E-state index contributed by atoms with van der Waals surface area (Å²) < 4.78 is 0. The van der Waals surface area contributed by atoms with Crippen molar-refractivity contribution in [1.29, 1.82) is 0 Å². The Morgan fingerprint density at radius 2 is 1.86 bits per heavy atom. The molecule has 1 atom stereocenters. The summed E-state index contributed by atoms with van der Waals surface area (Å²) in [5.41, 5.74) is 3.84. The fourth-order valence-electron chi connectivity index (χ4n) is 3.71. The van der Waals surface area contributed by atoms with Crippen LogP contribution in [0, 0.1) is 0 Å². The van der Waals surface area contributed by atoms with E-state index in [1.54, 1.807) is 6.20 Å². The highest BCUT2D eigenvalue weighted by Gasteiger charge is 2.16. The van der Waals surface area contributed by atoms with Gasteiger partial charge in [-0.2, -0.15) is 0 Å². The van der Waals surface area contributed by atoms with Crippen molar-refractivity contribution in [3.05, 3.63) is 60.8 Å². The van der Waals surface area contributed by atoms with Crippen LogP contribution >= 0.6 is 0 Å². The summed E-state index contributed by atoms with van der Waals surface area (Å²) in [6.45, 7) is 4.09. The van der Waals surface area contributed by atoms with Crippen LogP contribution < -0.4 is 15.5 Å². The van der Waals surface area contributed by atoms with Gasteiger partial charge in [-0.25, -0.2) is 0 Å². The summed E-state index contributed by atoms with van der Waals surface area (Å²) in [6.07, 6.45) is 5.56. The largest absolute Gasteiger partial charge is 0.374 e. The van der Waals surface area contributed by atoms with Crippen LogP contribution in [0.2, 0.25) is 0 Å². The standard InChI is InChI=1S/C23H26N4O/c1-17(23(28)26-22-12-6-11-21-20(22)10-7-13-24-21)25-18-8-5-9-19(16-18)27-14-3-2-4-15-27/h5-13,16-17,25H,2-4,14-15H2,1H3,(H,26,28)/t17-/m0/s1. The summed E-state index contributed by atoms with van der Waals surface area (Å²) in [6, 6.07) is 17.6. The first-order chi connectivity index (χ1) is 13.7. The lowest BCUT2D eigenvalue weighted by atomic mass is 10.1. The molecule has 1 amide bonds. The molecular formula is C23H26N4O. The molecule has 3 aromatic rings. The highest BCUT2D eigenvalue weighted by Crippen LogP contribution is 2.24. The summed E-state index contributed by atoms with van der Waals surface area (Å²) in [5, 5.41) is 7.31. The predicted octanol–water partition coefficient (Wildman–Crippen LogP) is 4.66. The van der Waals surface area contributed by atoms with Crippen LogP contribution in [0.4, 0.5) is 17.1 Å². The van der Waals surface area contributed by atoms with Crippen molar-refractivity contribution in [1.82, 2.24) is 4.98 Å². The summed E-state index contributed by atoms with van der Waals surface area (Å²) in [5.74, 6) is -0.0697. The van der Waals surface area contributed by atoms with Gasteiger partial charge in [0.05, 0.1) is 11.2 Å². The Labute approximate surface area is 165 Å².